The van der Waals surface area contributed by atoms with Crippen molar-refractivity contribution in [2.75, 3.05) is 44.6 Å². The second-order valence-electron chi connectivity index (χ2n) is 6.04. The highest BCUT2D eigenvalue weighted by atomic mass is 16.2. The number of carbonyl (C=O) groups excluding carboxylic acids is 2. The molecule has 132 valence electrons. The molecule has 3 N–H and O–H groups in total. The lowest BCUT2D eigenvalue weighted by Crippen LogP contribution is -2.52. The zero-order chi connectivity index (χ0) is 17.5. The first-order valence-electron chi connectivity index (χ1n) is 8.74. The Morgan fingerprint density at radius 1 is 1.08 bits per heavy atom. The van der Waals surface area contributed by atoms with Crippen molar-refractivity contribution in [2.45, 2.75) is 26.7 Å². The second-order valence-corrected chi connectivity index (χ2v) is 6.04. The molecule has 1 aliphatic rings. The Labute approximate surface area is 144 Å². The lowest BCUT2D eigenvalue weighted by Gasteiger charge is -2.34. The summed E-state index contributed by atoms with van der Waals surface area (Å²) in [4.78, 5) is 28.7. The maximum absolute atomic E-state index is 12.4. The van der Waals surface area contributed by atoms with Crippen LogP contribution in [0.25, 0.3) is 0 Å². The molecule has 6 heteroatoms. The summed E-state index contributed by atoms with van der Waals surface area (Å²) in [5.74, 6) is -0.992. The van der Waals surface area contributed by atoms with E-state index in [9.17, 15) is 9.59 Å². The molecule has 0 saturated carbocycles. The largest absolute Gasteiger partial charge is 0.332 e. The third-order valence-corrected chi connectivity index (χ3v) is 4.54. The maximum atomic E-state index is 12.4. The summed E-state index contributed by atoms with van der Waals surface area (Å²) < 4.78 is 0. The SMILES string of the molecule is CCc1cccc(CC)c1NC(=O)C(=O)N1CCN(CCN)CC1. The number of piperazine rings is 1. The van der Waals surface area contributed by atoms with E-state index < -0.39 is 11.8 Å². The molecule has 2 amide bonds. The molecule has 1 heterocycles. The molecule has 0 spiro atoms. The van der Waals surface area contributed by atoms with E-state index in [-0.39, 0.29) is 0 Å². The third kappa shape index (κ3) is 4.33. The average molecular weight is 332 g/mol. The number of benzene rings is 1. The van der Waals surface area contributed by atoms with Gasteiger partial charge in [0.05, 0.1) is 0 Å². The summed E-state index contributed by atoms with van der Waals surface area (Å²) in [5.41, 5.74) is 8.47. The fraction of sp³-hybridized carbons (Fsp3) is 0.556. The van der Waals surface area contributed by atoms with E-state index in [0.717, 1.165) is 49.3 Å². The molecule has 0 unspecified atom stereocenters. The quantitative estimate of drug-likeness (QED) is 0.784. The van der Waals surface area contributed by atoms with Crippen molar-refractivity contribution in [3.05, 3.63) is 29.3 Å². The summed E-state index contributed by atoms with van der Waals surface area (Å²) in [6.45, 7) is 8.21. The molecule has 0 bridgehead atoms. The van der Waals surface area contributed by atoms with Crippen LogP contribution in [0.5, 0.6) is 0 Å². The number of hydrogen-bond acceptors (Lipinski definition) is 4. The molecule has 6 nitrogen and oxygen atoms in total. The van der Waals surface area contributed by atoms with Crippen LogP contribution < -0.4 is 11.1 Å². The lowest BCUT2D eigenvalue weighted by atomic mass is 10.0. The van der Waals surface area contributed by atoms with E-state index >= 15 is 0 Å². The van der Waals surface area contributed by atoms with Crippen LogP contribution in [0.3, 0.4) is 0 Å². The number of nitrogens with two attached hydrogens (primary N) is 1. The van der Waals surface area contributed by atoms with Crippen molar-refractivity contribution in [2.24, 2.45) is 5.73 Å². The van der Waals surface area contributed by atoms with Crippen LogP contribution in [0, 0.1) is 0 Å². The molecule has 24 heavy (non-hydrogen) atoms. The van der Waals surface area contributed by atoms with E-state index in [0.29, 0.717) is 19.6 Å². The Morgan fingerprint density at radius 2 is 1.67 bits per heavy atom. The fourth-order valence-electron chi connectivity index (χ4n) is 3.07. The minimum absolute atomic E-state index is 0.449. The van der Waals surface area contributed by atoms with E-state index in [1.165, 1.54) is 0 Å². The van der Waals surface area contributed by atoms with Gasteiger partial charge in [0.15, 0.2) is 0 Å². The number of anilines is 1. The van der Waals surface area contributed by atoms with Crippen LogP contribution in [0.15, 0.2) is 18.2 Å². The Morgan fingerprint density at radius 3 is 2.17 bits per heavy atom. The molecule has 0 radical (unpaired) electrons. The van der Waals surface area contributed by atoms with Gasteiger partial charge >= 0.3 is 11.8 Å². The number of rotatable bonds is 5. The number of amides is 2. The van der Waals surface area contributed by atoms with E-state index in [1.807, 2.05) is 32.0 Å². The van der Waals surface area contributed by atoms with Crippen LogP contribution >= 0.6 is 0 Å². The Hall–Kier alpha value is -1.92. The molecule has 1 aliphatic heterocycles. The third-order valence-electron chi connectivity index (χ3n) is 4.54. The normalized spacial score (nSPS) is 15.4. The predicted octanol–water partition coefficient (Wildman–Crippen LogP) is 0.853. The van der Waals surface area contributed by atoms with Gasteiger partial charge in [-0.25, -0.2) is 0 Å². The lowest BCUT2D eigenvalue weighted by molar-refractivity contribution is -0.144. The molecule has 1 fully saturated rings. The van der Waals surface area contributed by atoms with Gasteiger partial charge in [0, 0.05) is 45.0 Å². The second kappa shape index (κ2) is 8.80. The summed E-state index contributed by atoms with van der Waals surface area (Å²) in [6.07, 6.45) is 1.63. The summed E-state index contributed by atoms with van der Waals surface area (Å²) in [7, 11) is 0. The average Bonchev–Trinajstić information content (AvgIpc) is 2.62. The van der Waals surface area contributed by atoms with Crippen LogP contribution in [-0.4, -0.2) is 60.9 Å². The molecule has 2 rings (SSSR count). The molecule has 1 saturated heterocycles. The highest BCUT2D eigenvalue weighted by molar-refractivity contribution is 6.39. The predicted molar refractivity (Wildman–Crippen MR) is 95.9 cm³/mol. The number of hydrogen-bond donors (Lipinski definition) is 2. The smallest absolute Gasteiger partial charge is 0.313 e. The van der Waals surface area contributed by atoms with Gasteiger partial charge in [0.2, 0.25) is 0 Å². The highest BCUT2D eigenvalue weighted by Gasteiger charge is 2.26. The van der Waals surface area contributed by atoms with Crippen LogP contribution in [0.1, 0.15) is 25.0 Å². The van der Waals surface area contributed by atoms with Crippen molar-refractivity contribution in [3.63, 3.8) is 0 Å². The molecule has 1 aromatic carbocycles. The van der Waals surface area contributed by atoms with Gasteiger partial charge in [-0.3, -0.25) is 14.5 Å². The summed E-state index contributed by atoms with van der Waals surface area (Å²) in [6, 6.07) is 5.97. The number of carbonyl (C=O) groups is 2. The van der Waals surface area contributed by atoms with Crippen LogP contribution in [0.2, 0.25) is 0 Å². The van der Waals surface area contributed by atoms with Gasteiger partial charge in [0.1, 0.15) is 0 Å². The topological polar surface area (TPSA) is 78.7 Å². The Kier molecular flexibility index (Phi) is 6.75. The van der Waals surface area contributed by atoms with Gasteiger partial charge in [-0.2, -0.15) is 0 Å². The number of aryl methyl sites for hydroxylation is 2. The van der Waals surface area contributed by atoms with E-state index in [1.54, 1.807) is 4.90 Å². The van der Waals surface area contributed by atoms with Gasteiger partial charge < -0.3 is 16.0 Å². The molecular formula is C18H28N4O2. The van der Waals surface area contributed by atoms with Gasteiger partial charge in [-0.1, -0.05) is 32.0 Å². The van der Waals surface area contributed by atoms with Crippen molar-refractivity contribution >= 4 is 17.5 Å². The first-order valence-corrected chi connectivity index (χ1v) is 8.74. The number of para-hydroxylation sites is 1. The van der Waals surface area contributed by atoms with Crippen molar-refractivity contribution in [1.29, 1.82) is 0 Å². The zero-order valence-corrected chi connectivity index (χ0v) is 14.7. The van der Waals surface area contributed by atoms with E-state index in [4.69, 9.17) is 5.73 Å². The molecule has 0 aromatic heterocycles. The number of nitrogens with one attached hydrogen (secondary N) is 1. The summed E-state index contributed by atoms with van der Waals surface area (Å²) in [5, 5.41) is 2.85. The molecule has 0 aliphatic carbocycles. The highest BCUT2D eigenvalue weighted by Crippen LogP contribution is 2.22. The Balaban J connectivity index is 2.01. The van der Waals surface area contributed by atoms with Crippen LogP contribution in [0.4, 0.5) is 5.69 Å². The minimum atomic E-state index is -0.544. The maximum Gasteiger partial charge on any atom is 0.313 e. The monoisotopic (exact) mass is 332 g/mol. The van der Waals surface area contributed by atoms with Gasteiger partial charge in [0.25, 0.3) is 0 Å². The minimum Gasteiger partial charge on any atom is -0.332 e. The van der Waals surface area contributed by atoms with E-state index in [2.05, 4.69) is 10.2 Å². The fourth-order valence-corrected chi connectivity index (χ4v) is 3.07. The standard InChI is InChI=1S/C18H28N4O2/c1-3-14-6-5-7-15(4-2)16(14)20-17(23)18(24)22-12-10-21(9-8-19)11-13-22/h5-7H,3-4,8-13,19H2,1-2H3,(H,20,23). The first kappa shape index (κ1) is 18.4. The molecule has 1 aromatic rings. The van der Waals surface area contributed by atoms with Crippen molar-refractivity contribution in [3.8, 4) is 0 Å². The number of nitrogens with zero attached hydrogens (tertiary/aromatic N) is 2. The van der Waals surface area contributed by atoms with Crippen LogP contribution in [-0.2, 0) is 22.4 Å². The van der Waals surface area contributed by atoms with Gasteiger partial charge in [-0.05, 0) is 24.0 Å². The zero-order valence-electron chi connectivity index (χ0n) is 14.7. The first-order chi connectivity index (χ1) is 11.6. The molecular weight excluding hydrogens is 304 g/mol. The van der Waals surface area contributed by atoms with Gasteiger partial charge in [-0.15, -0.1) is 0 Å². The Bertz CT molecular complexity index is 558. The van der Waals surface area contributed by atoms with Crippen molar-refractivity contribution in [1.82, 2.24) is 9.80 Å². The van der Waals surface area contributed by atoms with Crippen molar-refractivity contribution < 1.29 is 9.59 Å². The summed E-state index contributed by atoms with van der Waals surface area (Å²) >= 11 is 0. The molecule has 0 atom stereocenters.